The number of aliphatic carboxylic acids is 2. The van der Waals surface area contributed by atoms with Gasteiger partial charge in [-0.1, -0.05) is 0 Å². The summed E-state index contributed by atoms with van der Waals surface area (Å²) in [6.45, 7) is -4.18. The minimum Gasteiger partial charge on any atom is -0.548 e. The van der Waals surface area contributed by atoms with E-state index in [0.717, 1.165) is 0 Å². The Balaban J connectivity index is 5.61. The lowest BCUT2D eigenvalue weighted by molar-refractivity contribution is -0.467. The number of carbonyl (C=O) groups is 2. The van der Waals surface area contributed by atoms with E-state index in [2.05, 4.69) is 9.47 Å². The van der Waals surface area contributed by atoms with Crippen LogP contribution in [0.2, 0.25) is 0 Å². The maximum absolute atomic E-state index is 13.6. The molecular weight excluding hydrogens is 568 g/mol. The van der Waals surface area contributed by atoms with Gasteiger partial charge in [-0.3, -0.25) is 0 Å². The van der Waals surface area contributed by atoms with Crippen molar-refractivity contribution in [3.8, 4) is 0 Å². The summed E-state index contributed by atoms with van der Waals surface area (Å²) >= 11 is 0. The SMILES string of the molecule is O=C([O-])C(C(F)(F)F)(C(F)(F)F)C(F)(F)OCCCCOC(F)(F)C(C(=O)[O-])(C(F)(F)F)C(F)(F)F. The van der Waals surface area contributed by atoms with E-state index in [1.807, 2.05) is 0 Å². The molecule has 0 spiro atoms. The zero-order valence-electron chi connectivity index (χ0n) is 16.3. The number of ether oxygens (including phenoxy) is 2. The average molecular weight is 576 g/mol. The highest BCUT2D eigenvalue weighted by molar-refractivity contribution is 5.76. The van der Waals surface area contributed by atoms with E-state index in [4.69, 9.17) is 0 Å². The van der Waals surface area contributed by atoms with Gasteiger partial charge >= 0.3 is 36.9 Å². The Kier molecular flexibility index (Phi) is 9.27. The number of alkyl halides is 16. The second-order valence-corrected chi connectivity index (χ2v) is 6.50. The van der Waals surface area contributed by atoms with Gasteiger partial charge in [-0.25, -0.2) is 0 Å². The van der Waals surface area contributed by atoms with E-state index >= 15 is 0 Å². The Labute approximate surface area is 186 Å². The Bertz CT molecular complexity index is 699. The van der Waals surface area contributed by atoms with E-state index < -0.39 is 85.7 Å². The third-order valence-corrected chi connectivity index (χ3v) is 4.29. The fourth-order valence-electron chi connectivity index (χ4n) is 2.50. The average Bonchev–Trinajstić information content (AvgIpc) is 2.51. The lowest BCUT2D eigenvalue weighted by atomic mass is 9.84. The largest absolute Gasteiger partial charge is 0.548 e. The van der Waals surface area contributed by atoms with Crippen LogP contribution in [0.4, 0.5) is 70.2 Å². The number of unbranched alkanes of at least 4 members (excludes halogenated alkanes) is 1. The van der Waals surface area contributed by atoms with E-state index in [-0.39, 0.29) is 0 Å². The molecule has 6 nitrogen and oxygen atoms in total. The standard InChI is InChI=1S/C14H10F16O6/c15-9(16,17)7(5(31)32,10(18,19)20)13(27,28)35-3-1-2-4-36-14(29,30)8(6(33)34,11(21,22)23)12(24,25)26/h1-4H2,(H,31,32)(H,33,34)/p-2. The predicted octanol–water partition coefficient (Wildman–Crippen LogP) is 2.71. The second kappa shape index (κ2) is 9.89. The number of carboxylic acids is 2. The van der Waals surface area contributed by atoms with Crippen LogP contribution < -0.4 is 10.2 Å². The fourth-order valence-corrected chi connectivity index (χ4v) is 2.50. The maximum Gasteiger partial charge on any atom is 0.417 e. The quantitative estimate of drug-likeness (QED) is 0.277. The molecule has 0 aromatic rings. The van der Waals surface area contributed by atoms with Crippen molar-refractivity contribution >= 4 is 11.9 Å². The van der Waals surface area contributed by atoms with Crippen LogP contribution in [0.1, 0.15) is 12.8 Å². The minimum absolute atomic E-state index is 1.47. The zero-order chi connectivity index (χ0) is 29.4. The van der Waals surface area contributed by atoms with Crippen molar-refractivity contribution in [2.45, 2.75) is 49.8 Å². The molecule has 22 heteroatoms. The van der Waals surface area contributed by atoms with Crippen LogP contribution in [0, 0.1) is 10.8 Å². The van der Waals surface area contributed by atoms with Gasteiger partial charge in [0.15, 0.2) is 0 Å². The highest BCUT2D eigenvalue weighted by atomic mass is 19.4. The summed E-state index contributed by atoms with van der Waals surface area (Å²) in [4.78, 5) is 20.9. The highest BCUT2D eigenvalue weighted by Crippen LogP contribution is 2.60. The van der Waals surface area contributed by atoms with Crippen LogP contribution in [-0.2, 0) is 19.1 Å². The molecule has 0 rings (SSSR count). The molecule has 0 aromatic heterocycles. The monoisotopic (exact) mass is 576 g/mol. The second-order valence-electron chi connectivity index (χ2n) is 6.50. The molecule has 0 aliphatic rings. The lowest BCUT2D eigenvalue weighted by Gasteiger charge is -2.42. The van der Waals surface area contributed by atoms with Crippen molar-refractivity contribution in [1.82, 2.24) is 0 Å². The van der Waals surface area contributed by atoms with E-state index in [1.165, 1.54) is 0 Å². The molecule has 0 radical (unpaired) electrons. The number of carboxylic acid groups (broad SMARTS) is 2. The molecule has 0 fully saturated rings. The van der Waals surface area contributed by atoms with Crippen LogP contribution in [-0.4, -0.2) is 62.1 Å². The molecule has 0 atom stereocenters. The number of halogens is 16. The third-order valence-electron chi connectivity index (χ3n) is 4.29. The topological polar surface area (TPSA) is 98.7 Å². The van der Waals surface area contributed by atoms with Gasteiger partial charge in [0, 0.05) is 0 Å². The predicted molar refractivity (Wildman–Crippen MR) is 70.1 cm³/mol. The zero-order valence-corrected chi connectivity index (χ0v) is 16.3. The Morgan fingerprint density at radius 2 is 0.667 bits per heavy atom. The molecule has 0 amide bonds. The summed E-state index contributed by atoms with van der Waals surface area (Å²) < 4.78 is 213. The van der Waals surface area contributed by atoms with Crippen molar-refractivity contribution < 1.29 is 99.5 Å². The van der Waals surface area contributed by atoms with Crippen LogP contribution in [0.5, 0.6) is 0 Å². The van der Waals surface area contributed by atoms with Gasteiger partial charge in [-0.15, -0.1) is 0 Å². The summed E-state index contributed by atoms with van der Waals surface area (Å²) in [6, 6.07) is 0. The van der Waals surface area contributed by atoms with Gasteiger partial charge in [0.25, 0.3) is 10.8 Å². The molecule has 0 unspecified atom stereocenters. The Morgan fingerprint density at radius 3 is 0.806 bits per heavy atom. The Hall–Kier alpha value is -2.26. The molecule has 0 saturated carbocycles. The maximum atomic E-state index is 13.6. The first-order valence-corrected chi connectivity index (χ1v) is 8.33. The first-order valence-electron chi connectivity index (χ1n) is 8.33. The summed E-state index contributed by atoms with van der Waals surface area (Å²) in [5, 5.41) is 20.9. The van der Waals surface area contributed by atoms with Crippen LogP contribution in [0.25, 0.3) is 0 Å². The molecule has 214 valence electrons. The first kappa shape index (κ1) is 33.7. The van der Waals surface area contributed by atoms with Gasteiger partial charge < -0.3 is 29.3 Å². The molecule has 0 aliphatic carbocycles. The van der Waals surface area contributed by atoms with Crippen molar-refractivity contribution in [1.29, 1.82) is 0 Å². The van der Waals surface area contributed by atoms with Crippen LogP contribution in [0.15, 0.2) is 0 Å². The third kappa shape index (κ3) is 5.37. The van der Waals surface area contributed by atoms with Crippen LogP contribution in [0.3, 0.4) is 0 Å². The van der Waals surface area contributed by atoms with E-state index in [9.17, 15) is 90.0 Å². The number of hydrogen-bond acceptors (Lipinski definition) is 6. The normalized spacial score (nSPS) is 15.2. The van der Waals surface area contributed by atoms with Gasteiger partial charge in [0.2, 0.25) is 0 Å². The van der Waals surface area contributed by atoms with Gasteiger partial charge in [-0.2, -0.15) is 70.2 Å². The van der Waals surface area contributed by atoms with Crippen LogP contribution >= 0.6 is 0 Å². The molecule has 0 heterocycles. The number of hydrogen-bond donors (Lipinski definition) is 0. The van der Waals surface area contributed by atoms with Crippen molar-refractivity contribution in [3.05, 3.63) is 0 Å². The van der Waals surface area contributed by atoms with Crippen molar-refractivity contribution in [2.24, 2.45) is 10.8 Å². The molecule has 0 aliphatic heterocycles. The molecule has 0 saturated heterocycles. The van der Waals surface area contributed by atoms with Gasteiger partial charge in [-0.05, 0) is 12.8 Å². The summed E-state index contributed by atoms with van der Waals surface area (Å²) in [5.74, 6) is -8.85. The summed E-state index contributed by atoms with van der Waals surface area (Å²) in [5.41, 5.74) is -13.9. The lowest BCUT2D eigenvalue weighted by Crippen LogP contribution is -2.70. The van der Waals surface area contributed by atoms with Gasteiger partial charge in [0.1, 0.15) is 0 Å². The fraction of sp³-hybridized carbons (Fsp3) is 0.857. The number of rotatable bonds is 11. The number of carbonyl (C=O) groups excluding carboxylic acids is 2. The van der Waals surface area contributed by atoms with Crippen molar-refractivity contribution in [3.63, 3.8) is 0 Å². The summed E-state index contributed by atoms with van der Waals surface area (Å²) in [7, 11) is 0. The van der Waals surface area contributed by atoms with Crippen molar-refractivity contribution in [2.75, 3.05) is 13.2 Å². The van der Waals surface area contributed by atoms with E-state index in [0.29, 0.717) is 0 Å². The molecular formula is C14H8F16O6-2. The first-order chi connectivity index (χ1) is 15.6. The Morgan fingerprint density at radius 1 is 0.472 bits per heavy atom. The molecule has 0 bridgehead atoms. The molecule has 36 heavy (non-hydrogen) atoms. The minimum atomic E-state index is -7.30. The summed E-state index contributed by atoms with van der Waals surface area (Å²) in [6.07, 6.45) is -45.5. The van der Waals surface area contributed by atoms with Gasteiger partial charge in [0.05, 0.1) is 25.2 Å². The highest BCUT2D eigenvalue weighted by Gasteiger charge is 2.85. The molecule has 0 aromatic carbocycles. The molecule has 0 N–H and O–H groups in total. The smallest absolute Gasteiger partial charge is 0.417 e. The van der Waals surface area contributed by atoms with E-state index in [1.54, 1.807) is 0 Å².